The highest BCUT2D eigenvalue weighted by Crippen LogP contribution is 2.27. The molecule has 1 saturated carbocycles. The number of hydrogen-bond acceptors (Lipinski definition) is 3. The summed E-state index contributed by atoms with van der Waals surface area (Å²) in [6.07, 6.45) is 5.75. The van der Waals surface area contributed by atoms with Crippen LogP contribution in [-0.4, -0.2) is 24.7 Å². The van der Waals surface area contributed by atoms with Crippen molar-refractivity contribution in [1.82, 2.24) is 4.72 Å². The van der Waals surface area contributed by atoms with E-state index in [1.165, 1.54) is 6.42 Å². The minimum atomic E-state index is -3.43. The second-order valence-corrected chi connectivity index (χ2v) is 7.39. The van der Waals surface area contributed by atoms with Crippen molar-refractivity contribution in [2.45, 2.75) is 63.7 Å². The zero-order chi connectivity index (χ0) is 13.8. The standard InChI is InChI=1S/C12H24N2O2S2/c1-3-9-7-5-6-8-10(9)14-18(15,16)11(4-2)12(13)17/h9-11,14H,3-8H2,1-2H3,(H2,13,17). The van der Waals surface area contributed by atoms with Crippen LogP contribution in [-0.2, 0) is 10.0 Å². The average molecular weight is 292 g/mol. The van der Waals surface area contributed by atoms with Crippen LogP contribution in [0.3, 0.4) is 0 Å². The van der Waals surface area contributed by atoms with Crippen LogP contribution in [0.5, 0.6) is 0 Å². The van der Waals surface area contributed by atoms with Gasteiger partial charge in [-0.05, 0) is 25.2 Å². The molecule has 3 atom stereocenters. The second kappa shape index (κ2) is 6.82. The van der Waals surface area contributed by atoms with Gasteiger partial charge in [-0.25, -0.2) is 13.1 Å². The van der Waals surface area contributed by atoms with Crippen LogP contribution in [0, 0.1) is 5.92 Å². The number of nitrogens with two attached hydrogens (primary N) is 1. The average Bonchev–Trinajstić information content (AvgIpc) is 2.29. The Morgan fingerprint density at radius 1 is 1.39 bits per heavy atom. The molecule has 0 amide bonds. The fourth-order valence-corrected chi connectivity index (χ4v) is 4.91. The van der Waals surface area contributed by atoms with Crippen molar-refractivity contribution < 1.29 is 8.42 Å². The zero-order valence-electron chi connectivity index (χ0n) is 11.2. The molecule has 6 heteroatoms. The van der Waals surface area contributed by atoms with E-state index < -0.39 is 15.3 Å². The molecular formula is C12H24N2O2S2. The molecule has 1 aliphatic rings. The molecule has 0 saturated heterocycles. The van der Waals surface area contributed by atoms with Gasteiger partial charge in [0.2, 0.25) is 10.0 Å². The Morgan fingerprint density at radius 3 is 2.50 bits per heavy atom. The van der Waals surface area contributed by atoms with Crippen molar-refractivity contribution >= 4 is 27.2 Å². The molecule has 0 aromatic carbocycles. The molecule has 4 nitrogen and oxygen atoms in total. The van der Waals surface area contributed by atoms with Crippen LogP contribution in [0.15, 0.2) is 0 Å². The van der Waals surface area contributed by atoms with Crippen LogP contribution in [0.2, 0.25) is 0 Å². The summed E-state index contributed by atoms with van der Waals surface area (Å²) in [7, 11) is -3.43. The summed E-state index contributed by atoms with van der Waals surface area (Å²) in [6, 6.07) is 0.0529. The van der Waals surface area contributed by atoms with Crippen molar-refractivity contribution in [1.29, 1.82) is 0 Å². The number of nitrogens with one attached hydrogen (secondary N) is 1. The van der Waals surface area contributed by atoms with E-state index in [9.17, 15) is 8.42 Å². The Labute approximate surface area is 116 Å². The first-order valence-electron chi connectivity index (χ1n) is 6.72. The normalized spacial score (nSPS) is 26.8. The summed E-state index contributed by atoms with van der Waals surface area (Å²) >= 11 is 4.85. The highest BCUT2D eigenvalue weighted by atomic mass is 32.2. The molecule has 1 aliphatic carbocycles. The maximum absolute atomic E-state index is 12.3. The SMILES string of the molecule is CCC1CCCCC1NS(=O)(=O)C(CC)C(N)=S. The van der Waals surface area contributed by atoms with Crippen LogP contribution in [0.25, 0.3) is 0 Å². The summed E-state index contributed by atoms with van der Waals surface area (Å²) in [6.45, 7) is 3.91. The summed E-state index contributed by atoms with van der Waals surface area (Å²) in [5, 5.41) is -0.744. The van der Waals surface area contributed by atoms with Gasteiger partial charge in [-0.1, -0.05) is 45.3 Å². The van der Waals surface area contributed by atoms with Gasteiger partial charge in [-0.2, -0.15) is 0 Å². The van der Waals surface area contributed by atoms with Crippen molar-refractivity contribution in [2.75, 3.05) is 0 Å². The third-order valence-electron chi connectivity index (χ3n) is 3.81. The molecule has 1 rings (SSSR count). The van der Waals surface area contributed by atoms with Gasteiger partial charge in [0.25, 0.3) is 0 Å². The first kappa shape index (κ1) is 15.9. The lowest BCUT2D eigenvalue weighted by atomic mass is 9.83. The Morgan fingerprint density at radius 2 is 2.00 bits per heavy atom. The van der Waals surface area contributed by atoms with E-state index in [2.05, 4.69) is 11.6 Å². The molecular weight excluding hydrogens is 268 g/mol. The Bertz CT molecular complexity index is 382. The third-order valence-corrected chi connectivity index (χ3v) is 6.21. The van der Waals surface area contributed by atoms with Gasteiger partial charge in [0.05, 0.1) is 4.99 Å². The van der Waals surface area contributed by atoms with E-state index in [0.717, 1.165) is 25.7 Å². The molecule has 0 aliphatic heterocycles. The lowest BCUT2D eigenvalue weighted by Crippen LogP contribution is -2.48. The van der Waals surface area contributed by atoms with Gasteiger partial charge in [0, 0.05) is 6.04 Å². The van der Waals surface area contributed by atoms with Crippen LogP contribution >= 0.6 is 12.2 Å². The summed E-state index contributed by atoms with van der Waals surface area (Å²) in [5.41, 5.74) is 5.52. The summed E-state index contributed by atoms with van der Waals surface area (Å²) in [5.74, 6) is 0.442. The van der Waals surface area contributed by atoms with Gasteiger partial charge >= 0.3 is 0 Å². The lowest BCUT2D eigenvalue weighted by molar-refractivity contribution is 0.282. The first-order chi connectivity index (χ1) is 8.42. The number of rotatable bonds is 6. The predicted molar refractivity (Wildman–Crippen MR) is 79.0 cm³/mol. The van der Waals surface area contributed by atoms with E-state index >= 15 is 0 Å². The smallest absolute Gasteiger partial charge is 0.221 e. The molecule has 18 heavy (non-hydrogen) atoms. The van der Waals surface area contributed by atoms with Crippen molar-refractivity contribution in [3.63, 3.8) is 0 Å². The monoisotopic (exact) mass is 292 g/mol. The van der Waals surface area contributed by atoms with Gasteiger partial charge < -0.3 is 5.73 Å². The Kier molecular flexibility index (Phi) is 6.01. The number of hydrogen-bond donors (Lipinski definition) is 2. The third kappa shape index (κ3) is 3.90. The minimum Gasteiger partial charge on any atom is -0.392 e. The van der Waals surface area contributed by atoms with Gasteiger partial charge in [-0.3, -0.25) is 0 Å². The Hall–Kier alpha value is -0.200. The zero-order valence-corrected chi connectivity index (χ0v) is 12.8. The molecule has 0 radical (unpaired) electrons. The minimum absolute atomic E-state index is 0.0529. The van der Waals surface area contributed by atoms with Crippen LogP contribution < -0.4 is 10.5 Å². The second-order valence-electron chi connectivity index (χ2n) is 5.02. The maximum Gasteiger partial charge on any atom is 0.221 e. The summed E-state index contributed by atoms with van der Waals surface area (Å²) < 4.78 is 27.3. The van der Waals surface area contributed by atoms with E-state index in [4.69, 9.17) is 18.0 Å². The molecule has 0 spiro atoms. The number of sulfonamides is 1. The van der Waals surface area contributed by atoms with E-state index in [1.54, 1.807) is 6.92 Å². The molecule has 3 unspecified atom stereocenters. The van der Waals surface area contributed by atoms with E-state index in [0.29, 0.717) is 12.3 Å². The highest BCUT2D eigenvalue weighted by Gasteiger charge is 2.32. The predicted octanol–water partition coefficient (Wildman–Crippen LogP) is 1.94. The van der Waals surface area contributed by atoms with Gasteiger partial charge in [-0.15, -0.1) is 0 Å². The molecule has 106 valence electrons. The molecule has 3 N–H and O–H groups in total. The lowest BCUT2D eigenvalue weighted by Gasteiger charge is -2.32. The van der Waals surface area contributed by atoms with E-state index in [-0.39, 0.29) is 11.0 Å². The molecule has 0 heterocycles. The topological polar surface area (TPSA) is 72.2 Å². The van der Waals surface area contributed by atoms with Crippen molar-refractivity contribution in [3.05, 3.63) is 0 Å². The van der Waals surface area contributed by atoms with E-state index in [1.807, 2.05) is 0 Å². The van der Waals surface area contributed by atoms with Crippen LogP contribution in [0.1, 0.15) is 52.4 Å². The maximum atomic E-state index is 12.3. The molecule has 1 fully saturated rings. The van der Waals surface area contributed by atoms with Gasteiger partial charge in [0.15, 0.2) is 0 Å². The Balaban J connectivity index is 2.77. The van der Waals surface area contributed by atoms with Crippen molar-refractivity contribution in [2.24, 2.45) is 11.7 Å². The number of thiocarbonyl (C=S) groups is 1. The van der Waals surface area contributed by atoms with Crippen molar-refractivity contribution in [3.8, 4) is 0 Å². The molecule has 0 aromatic heterocycles. The largest absolute Gasteiger partial charge is 0.392 e. The molecule has 0 bridgehead atoms. The fourth-order valence-electron chi connectivity index (χ4n) is 2.72. The summed E-state index contributed by atoms with van der Waals surface area (Å²) in [4.78, 5) is 0.0638. The first-order valence-corrected chi connectivity index (χ1v) is 8.68. The van der Waals surface area contributed by atoms with Gasteiger partial charge in [0.1, 0.15) is 5.25 Å². The fraction of sp³-hybridized carbons (Fsp3) is 0.917. The molecule has 0 aromatic rings. The highest BCUT2D eigenvalue weighted by molar-refractivity contribution is 7.93. The van der Waals surface area contributed by atoms with Crippen LogP contribution in [0.4, 0.5) is 0 Å². The quantitative estimate of drug-likeness (QED) is 0.734.